The Kier molecular flexibility index (Phi) is 1.54. The number of fused-ring (bicyclic) bond motifs is 1. The van der Waals surface area contributed by atoms with Crippen LogP contribution in [0.4, 0.5) is 0 Å². The average molecular weight is 164 g/mol. The van der Waals surface area contributed by atoms with Crippen molar-refractivity contribution in [3.05, 3.63) is 0 Å². The molecule has 0 heteroatoms. The minimum absolute atomic E-state index is 1.14. The molecule has 5 unspecified atom stereocenters. The van der Waals surface area contributed by atoms with E-state index in [9.17, 15) is 0 Å². The summed E-state index contributed by atoms with van der Waals surface area (Å²) in [5.41, 5.74) is 0. The Balaban J connectivity index is 1.60. The first-order chi connectivity index (χ1) is 5.90. The molecule has 0 spiro atoms. The maximum atomic E-state index is 2.38. The van der Waals surface area contributed by atoms with E-state index in [4.69, 9.17) is 0 Å². The Hall–Kier alpha value is 0. The molecule has 0 heterocycles. The van der Waals surface area contributed by atoms with E-state index < -0.39 is 0 Å². The predicted molar refractivity (Wildman–Crippen MR) is 50.8 cm³/mol. The monoisotopic (exact) mass is 164 g/mol. The van der Waals surface area contributed by atoms with Gasteiger partial charge in [0.15, 0.2) is 0 Å². The van der Waals surface area contributed by atoms with Crippen molar-refractivity contribution in [2.75, 3.05) is 0 Å². The molecule has 0 aliphatic heterocycles. The van der Waals surface area contributed by atoms with Crippen LogP contribution in [0.5, 0.6) is 0 Å². The molecule has 0 aromatic rings. The highest BCUT2D eigenvalue weighted by atomic mass is 14.6. The lowest BCUT2D eigenvalue weighted by Crippen LogP contribution is -2.51. The van der Waals surface area contributed by atoms with Crippen LogP contribution in [0.15, 0.2) is 0 Å². The molecule has 3 aliphatic rings. The summed E-state index contributed by atoms with van der Waals surface area (Å²) < 4.78 is 0. The molecule has 0 aromatic heterocycles. The van der Waals surface area contributed by atoms with Gasteiger partial charge < -0.3 is 0 Å². The van der Waals surface area contributed by atoms with E-state index in [2.05, 4.69) is 6.92 Å². The van der Waals surface area contributed by atoms with Gasteiger partial charge in [-0.15, -0.1) is 0 Å². The van der Waals surface area contributed by atoms with Gasteiger partial charge in [0.25, 0.3) is 0 Å². The second-order valence-electron chi connectivity index (χ2n) is 5.31. The maximum Gasteiger partial charge on any atom is -0.0349 e. The van der Waals surface area contributed by atoms with Crippen molar-refractivity contribution < 1.29 is 0 Å². The van der Waals surface area contributed by atoms with E-state index in [1.165, 1.54) is 30.1 Å². The third-order valence-electron chi connectivity index (χ3n) is 5.15. The van der Waals surface area contributed by atoms with Crippen molar-refractivity contribution >= 4 is 0 Å². The zero-order valence-electron chi connectivity index (χ0n) is 8.13. The summed E-state index contributed by atoms with van der Waals surface area (Å²) in [6.07, 6.45) is 9.36. The van der Waals surface area contributed by atoms with Crippen molar-refractivity contribution in [2.24, 2.45) is 29.6 Å². The van der Waals surface area contributed by atoms with Crippen molar-refractivity contribution in [2.45, 2.75) is 45.4 Å². The predicted octanol–water partition coefficient (Wildman–Crippen LogP) is 3.47. The summed E-state index contributed by atoms with van der Waals surface area (Å²) in [4.78, 5) is 0. The van der Waals surface area contributed by atoms with Crippen molar-refractivity contribution in [3.8, 4) is 0 Å². The quantitative estimate of drug-likeness (QED) is 0.586. The van der Waals surface area contributed by atoms with Crippen molar-refractivity contribution in [1.29, 1.82) is 0 Å². The summed E-state index contributed by atoms with van der Waals surface area (Å²) in [6, 6.07) is 0. The van der Waals surface area contributed by atoms with Crippen LogP contribution in [0.3, 0.4) is 0 Å². The summed E-state index contributed by atoms with van der Waals surface area (Å²) >= 11 is 0. The molecule has 0 aromatic carbocycles. The van der Waals surface area contributed by atoms with Gasteiger partial charge in [-0.25, -0.2) is 0 Å². The standard InChI is InChI=1S/C12H20/c1-2-8-3-5-10(8)12-7-9-4-6-11(9)12/h8-12H,2-7H2,1H3. The van der Waals surface area contributed by atoms with E-state index in [1.54, 1.807) is 32.1 Å². The summed E-state index contributed by atoms with van der Waals surface area (Å²) in [5, 5.41) is 0. The van der Waals surface area contributed by atoms with E-state index in [0.29, 0.717) is 0 Å². The largest absolute Gasteiger partial charge is 0.0651 e. The first kappa shape index (κ1) is 7.41. The zero-order chi connectivity index (χ0) is 8.13. The fourth-order valence-electron chi connectivity index (χ4n) is 3.94. The first-order valence-corrected chi connectivity index (χ1v) is 5.90. The van der Waals surface area contributed by atoms with Gasteiger partial charge in [-0.2, -0.15) is 0 Å². The third-order valence-corrected chi connectivity index (χ3v) is 5.15. The molecule has 3 fully saturated rings. The van der Waals surface area contributed by atoms with Crippen molar-refractivity contribution in [3.63, 3.8) is 0 Å². The molecule has 68 valence electrons. The second-order valence-corrected chi connectivity index (χ2v) is 5.31. The Labute approximate surface area is 75.7 Å². The van der Waals surface area contributed by atoms with Crippen LogP contribution in [-0.2, 0) is 0 Å². The Morgan fingerprint density at radius 2 is 1.75 bits per heavy atom. The fraction of sp³-hybridized carbons (Fsp3) is 1.00. The van der Waals surface area contributed by atoms with Gasteiger partial charge in [-0.3, -0.25) is 0 Å². The van der Waals surface area contributed by atoms with Gasteiger partial charge in [0.05, 0.1) is 0 Å². The Morgan fingerprint density at radius 1 is 0.917 bits per heavy atom. The average Bonchev–Trinajstić information content (AvgIpc) is 1.97. The van der Waals surface area contributed by atoms with Gasteiger partial charge in [-0.05, 0) is 61.7 Å². The van der Waals surface area contributed by atoms with E-state index in [0.717, 1.165) is 5.92 Å². The lowest BCUT2D eigenvalue weighted by Gasteiger charge is -2.59. The van der Waals surface area contributed by atoms with Gasteiger partial charge in [0, 0.05) is 0 Å². The smallest absolute Gasteiger partial charge is 0.0349 e. The lowest BCUT2D eigenvalue weighted by molar-refractivity contribution is -0.0992. The van der Waals surface area contributed by atoms with Gasteiger partial charge in [0.1, 0.15) is 0 Å². The van der Waals surface area contributed by atoms with E-state index in [-0.39, 0.29) is 0 Å². The van der Waals surface area contributed by atoms with E-state index >= 15 is 0 Å². The Morgan fingerprint density at radius 3 is 2.08 bits per heavy atom. The van der Waals surface area contributed by atoms with Gasteiger partial charge in [0.2, 0.25) is 0 Å². The summed E-state index contributed by atoms with van der Waals surface area (Å²) in [7, 11) is 0. The highest BCUT2D eigenvalue weighted by Gasteiger charge is 2.52. The molecule has 5 atom stereocenters. The summed E-state index contributed by atoms with van der Waals surface area (Å²) in [5.74, 6) is 5.92. The molecule has 0 radical (unpaired) electrons. The number of rotatable bonds is 2. The molecule has 0 nitrogen and oxygen atoms in total. The van der Waals surface area contributed by atoms with Crippen LogP contribution in [0.25, 0.3) is 0 Å². The molecular weight excluding hydrogens is 144 g/mol. The number of hydrogen-bond donors (Lipinski definition) is 0. The van der Waals surface area contributed by atoms with Crippen LogP contribution < -0.4 is 0 Å². The summed E-state index contributed by atoms with van der Waals surface area (Å²) in [6.45, 7) is 2.38. The highest BCUT2D eigenvalue weighted by molar-refractivity contribution is 5.02. The normalized spacial score (nSPS) is 56.2. The van der Waals surface area contributed by atoms with Crippen LogP contribution in [0, 0.1) is 29.6 Å². The van der Waals surface area contributed by atoms with Crippen LogP contribution >= 0.6 is 0 Å². The zero-order valence-corrected chi connectivity index (χ0v) is 8.13. The Bertz CT molecular complexity index is 178. The lowest BCUT2D eigenvalue weighted by atomic mass is 9.46. The molecular formula is C12H20. The van der Waals surface area contributed by atoms with Gasteiger partial charge >= 0.3 is 0 Å². The molecule has 0 amide bonds. The fourth-order valence-corrected chi connectivity index (χ4v) is 3.94. The van der Waals surface area contributed by atoms with Crippen molar-refractivity contribution in [1.82, 2.24) is 0 Å². The van der Waals surface area contributed by atoms with Gasteiger partial charge in [-0.1, -0.05) is 13.3 Å². The van der Waals surface area contributed by atoms with Crippen LogP contribution in [-0.4, -0.2) is 0 Å². The topological polar surface area (TPSA) is 0 Å². The molecule has 3 saturated carbocycles. The third kappa shape index (κ3) is 0.791. The SMILES string of the molecule is CCC1CCC1C1CC2CCC21. The molecule has 0 N–H and O–H groups in total. The highest BCUT2D eigenvalue weighted by Crippen LogP contribution is 2.61. The molecule has 0 saturated heterocycles. The number of hydrogen-bond acceptors (Lipinski definition) is 0. The molecule has 3 aliphatic carbocycles. The second kappa shape index (κ2) is 2.49. The minimum Gasteiger partial charge on any atom is -0.0651 e. The van der Waals surface area contributed by atoms with Crippen LogP contribution in [0.2, 0.25) is 0 Å². The maximum absolute atomic E-state index is 2.38. The molecule has 0 bridgehead atoms. The molecule has 3 rings (SSSR count). The molecule has 12 heavy (non-hydrogen) atoms. The van der Waals surface area contributed by atoms with E-state index in [1.807, 2.05) is 0 Å². The first-order valence-electron chi connectivity index (χ1n) is 5.90. The minimum atomic E-state index is 1.14. The van der Waals surface area contributed by atoms with Crippen LogP contribution in [0.1, 0.15) is 45.4 Å².